The van der Waals surface area contributed by atoms with Crippen LogP contribution in [-0.2, 0) is 0 Å². The molecule has 1 atom stereocenters. The van der Waals surface area contributed by atoms with Gasteiger partial charge in [-0.05, 0) is 65.2 Å². The first-order valence-electron chi connectivity index (χ1n) is 11.4. The SMILES string of the molecule is COc1ccc([C@H]2CC(c3ccc(Cl)cc3)=NN2c2ccc(/C=N\Nc3ccccc3)cc2)cc1. The first-order valence-corrected chi connectivity index (χ1v) is 11.8. The van der Waals surface area contributed by atoms with Crippen molar-refractivity contribution in [3.8, 4) is 5.75 Å². The third-order valence-corrected chi connectivity index (χ3v) is 6.18. The summed E-state index contributed by atoms with van der Waals surface area (Å²) in [6.07, 6.45) is 2.60. The number of anilines is 2. The van der Waals surface area contributed by atoms with Gasteiger partial charge in [0, 0.05) is 11.4 Å². The number of methoxy groups -OCH3 is 1. The average molecular weight is 481 g/mol. The quantitative estimate of drug-likeness (QED) is 0.226. The molecule has 1 aliphatic heterocycles. The zero-order valence-corrected chi connectivity index (χ0v) is 20.1. The van der Waals surface area contributed by atoms with E-state index in [1.54, 1.807) is 7.11 Å². The van der Waals surface area contributed by atoms with E-state index in [1.165, 1.54) is 5.56 Å². The zero-order valence-electron chi connectivity index (χ0n) is 19.3. The van der Waals surface area contributed by atoms with Gasteiger partial charge in [-0.3, -0.25) is 10.4 Å². The highest BCUT2D eigenvalue weighted by atomic mass is 35.5. The molecule has 0 aromatic heterocycles. The van der Waals surface area contributed by atoms with Crippen molar-refractivity contribution >= 4 is 34.9 Å². The van der Waals surface area contributed by atoms with Gasteiger partial charge in [-0.15, -0.1) is 0 Å². The number of benzene rings is 4. The number of hydrogen-bond donors (Lipinski definition) is 1. The lowest BCUT2D eigenvalue weighted by atomic mass is 9.98. The number of hydrogen-bond acceptors (Lipinski definition) is 5. The zero-order chi connectivity index (χ0) is 24.0. The Morgan fingerprint density at radius 1 is 0.914 bits per heavy atom. The van der Waals surface area contributed by atoms with Crippen LogP contribution < -0.4 is 15.2 Å². The summed E-state index contributed by atoms with van der Waals surface area (Å²) in [7, 11) is 1.68. The number of nitrogens with one attached hydrogen (secondary N) is 1. The van der Waals surface area contributed by atoms with Crippen LogP contribution in [0.1, 0.15) is 29.2 Å². The average Bonchev–Trinajstić information content (AvgIpc) is 3.36. The fourth-order valence-corrected chi connectivity index (χ4v) is 4.18. The van der Waals surface area contributed by atoms with Gasteiger partial charge in [0.15, 0.2) is 0 Å². The molecule has 35 heavy (non-hydrogen) atoms. The van der Waals surface area contributed by atoms with E-state index in [2.05, 4.69) is 39.8 Å². The van der Waals surface area contributed by atoms with E-state index >= 15 is 0 Å². The molecule has 0 saturated heterocycles. The number of para-hydroxylation sites is 1. The van der Waals surface area contributed by atoms with Crippen molar-refractivity contribution in [1.29, 1.82) is 0 Å². The van der Waals surface area contributed by atoms with Gasteiger partial charge in [0.05, 0.1) is 36.5 Å². The first-order chi connectivity index (χ1) is 17.2. The number of hydrazone groups is 2. The molecule has 0 radical (unpaired) electrons. The molecule has 4 aromatic carbocycles. The Labute approximate surface area is 210 Å². The fraction of sp³-hybridized carbons (Fsp3) is 0.103. The summed E-state index contributed by atoms with van der Waals surface area (Å²) >= 11 is 6.10. The van der Waals surface area contributed by atoms with Crippen LogP contribution >= 0.6 is 11.6 Å². The highest BCUT2D eigenvalue weighted by Crippen LogP contribution is 2.37. The van der Waals surface area contributed by atoms with E-state index < -0.39 is 0 Å². The molecule has 0 saturated carbocycles. The monoisotopic (exact) mass is 480 g/mol. The lowest BCUT2D eigenvalue weighted by molar-refractivity contribution is 0.414. The Morgan fingerprint density at radius 2 is 1.63 bits per heavy atom. The van der Waals surface area contributed by atoms with E-state index in [9.17, 15) is 0 Å². The van der Waals surface area contributed by atoms with Gasteiger partial charge in [-0.1, -0.05) is 66.2 Å². The van der Waals surface area contributed by atoms with Crippen molar-refractivity contribution < 1.29 is 4.74 Å². The van der Waals surface area contributed by atoms with E-state index in [-0.39, 0.29) is 6.04 Å². The third-order valence-electron chi connectivity index (χ3n) is 5.93. The third kappa shape index (κ3) is 5.36. The summed E-state index contributed by atoms with van der Waals surface area (Å²) in [4.78, 5) is 0. The van der Waals surface area contributed by atoms with Crippen LogP contribution in [0.15, 0.2) is 113 Å². The molecule has 5 nitrogen and oxygen atoms in total. The minimum atomic E-state index is 0.0749. The molecule has 0 bridgehead atoms. The molecule has 6 heteroatoms. The summed E-state index contributed by atoms with van der Waals surface area (Å²) in [6, 6.07) is 34.3. The number of nitrogens with zero attached hydrogens (tertiary/aromatic N) is 3. The highest BCUT2D eigenvalue weighted by molar-refractivity contribution is 6.30. The molecule has 5 rings (SSSR count). The van der Waals surface area contributed by atoms with Gasteiger partial charge >= 0.3 is 0 Å². The van der Waals surface area contributed by atoms with Crippen LogP contribution in [0, 0.1) is 0 Å². The Kier molecular flexibility index (Phi) is 6.77. The van der Waals surface area contributed by atoms with Crippen molar-refractivity contribution in [2.45, 2.75) is 12.5 Å². The van der Waals surface area contributed by atoms with Crippen LogP contribution in [0.25, 0.3) is 0 Å². The molecular weight excluding hydrogens is 456 g/mol. The summed E-state index contributed by atoms with van der Waals surface area (Å²) in [5.41, 5.74) is 9.29. The number of ether oxygens (including phenoxy) is 1. The Morgan fingerprint density at radius 3 is 2.31 bits per heavy atom. The topological polar surface area (TPSA) is 49.2 Å². The van der Waals surface area contributed by atoms with Crippen molar-refractivity contribution in [3.05, 3.63) is 125 Å². The molecule has 0 amide bonds. The fourth-order valence-electron chi connectivity index (χ4n) is 4.06. The largest absolute Gasteiger partial charge is 0.497 e. The van der Waals surface area contributed by atoms with E-state index in [0.717, 1.165) is 45.4 Å². The smallest absolute Gasteiger partial charge is 0.118 e. The second-order valence-corrected chi connectivity index (χ2v) is 8.66. The van der Waals surface area contributed by atoms with Gasteiger partial charge in [0.25, 0.3) is 0 Å². The lowest BCUT2D eigenvalue weighted by Crippen LogP contribution is -2.18. The summed E-state index contributed by atoms with van der Waals surface area (Å²) in [6.45, 7) is 0. The minimum Gasteiger partial charge on any atom is -0.497 e. The van der Waals surface area contributed by atoms with Gasteiger partial charge in [0.1, 0.15) is 5.75 Å². The summed E-state index contributed by atoms with van der Waals surface area (Å²) in [5.74, 6) is 0.838. The second-order valence-electron chi connectivity index (χ2n) is 8.22. The molecule has 4 aromatic rings. The molecule has 0 unspecified atom stereocenters. The van der Waals surface area contributed by atoms with Crippen molar-refractivity contribution in [2.24, 2.45) is 10.2 Å². The molecule has 0 fully saturated rings. The summed E-state index contributed by atoms with van der Waals surface area (Å²) in [5, 5.41) is 12.2. The predicted molar refractivity (Wildman–Crippen MR) is 145 cm³/mol. The van der Waals surface area contributed by atoms with Crippen molar-refractivity contribution in [1.82, 2.24) is 0 Å². The van der Waals surface area contributed by atoms with E-state index in [0.29, 0.717) is 0 Å². The van der Waals surface area contributed by atoms with Crippen molar-refractivity contribution in [3.63, 3.8) is 0 Å². The Hall–Kier alpha value is -4.09. The molecule has 0 spiro atoms. The van der Waals surface area contributed by atoms with Gasteiger partial charge < -0.3 is 4.74 Å². The molecule has 0 aliphatic carbocycles. The lowest BCUT2D eigenvalue weighted by Gasteiger charge is -2.24. The molecular formula is C29H25ClN4O. The van der Waals surface area contributed by atoms with Gasteiger partial charge in [0.2, 0.25) is 0 Å². The minimum absolute atomic E-state index is 0.0749. The summed E-state index contributed by atoms with van der Waals surface area (Å²) < 4.78 is 5.35. The van der Waals surface area contributed by atoms with Crippen LogP contribution in [-0.4, -0.2) is 19.0 Å². The molecule has 174 valence electrons. The Balaban J connectivity index is 1.39. The molecule has 1 aliphatic rings. The second kappa shape index (κ2) is 10.5. The van der Waals surface area contributed by atoms with Gasteiger partial charge in [-0.2, -0.15) is 10.2 Å². The van der Waals surface area contributed by atoms with Gasteiger partial charge in [-0.25, -0.2) is 0 Å². The van der Waals surface area contributed by atoms with Crippen LogP contribution in [0.2, 0.25) is 5.02 Å². The highest BCUT2D eigenvalue weighted by Gasteiger charge is 2.30. The van der Waals surface area contributed by atoms with E-state index in [1.807, 2.05) is 85.1 Å². The standard InChI is InChI=1S/C29H25ClN4O/c1-35-27-17-11-23(12-18-27)29-19-28(22-9-13-24(30)14-10-22)33-34(29)26-15-7-21(8-16-26)20-31-32-25-5-3-2-4-6-25/h2-18,20,29,32H,19H2,1H3/b31-20-/t29-/m1/s1. The normalized spacial score (nSPS) is 15.3. The van der Waals surface area contributed by atoms with Crippen molar-refractivity contribution in [2.75, 3.05) is 17.5 Å². The van der Waals surface area contributed by atoms with Crippen LogP contribution in [0.5, 0.6) is 5.75 Å². The van der Waals surface area contributed by atoms with Crippen LogP contribution in [0.3, 0.4) is 0 Å². The number of rotatable bonds is 7. The molecule has 1 N–H and O–H groups in total. The maximum absolute atomic E-state index is 6.10. The maximum atomic E-state index is 6.10. The predicted octanol–water partition coefficient (Wildman–Crippen LogP) is 7.15. The molecule has 1 heterocycles. The first kappa shape index (κ1) is 22.7. The Bertz CT molecular complexity index is 1320. The number of halogens is 1. The maximum Gasteiger partial charge on any atom is 0.118 e. The van der Waals surface area contributed by atoms with Crippen LogP contribution in [0.4, 0.5) is 11.4 Å². The van der Waals surface area contributed by atoms with E-state index in [4.69, 9.17) is 21.4 Å².